The summed E-state index contributed by atoms with van der Waals surface area (Å²) in [6.07, 6.45) is 1.23. The van der Waals surface area contributed by atoms with Gasteiger partial charge in [-0.05, 0) is 0 Å². The van der Waals surface area contributed by atoms with Gasteiger partial charge in [0, 0.05) is 24.6 Å². The maximum atomic E-state index is 11.8. The van der Waals surface area contributed by atoms with Gasteiger partial charge in [-0.15, -0.1) is 5.10 Å². The standard InChI is InChI=1S/C9H7ClN4O4S/c1-13-3-5(14(16)17)2-7(13)9(15)18-4-6-8(10)19-12-11-6/h2-3H,4H2,1H3. The lowest BCUT2D eigenvalue weighted by Gasteiger charge is -2.03. The van der Waals surface area contributed by atoms with Gasteiger partial charge in [0.15, 0.2) is 0 Å². The van der Waals surface area contributed by atoms with Gasteiger partial charge in [0.25, 0.3) is 5.69 Å². The number of rotatable bonds is 4. The second kappa shape index (κ2) is 5.33. The van der Waals surface area contributed by atoms with Gasteiger partial charge >= 0.3 is 5.97 Å². The van der Waals surface area contributed by atoms with Crippen LogP contribution in [-0.4, -0.2) is 25.0 Å². The molecule has 0 atom stereocenters. The molecule has 0 N–H and O–H groups in total. The van der Waals surface area contributed by atoms with Crippen molar-refractivity contribution in [3.05, 3.63) is 38.1 Å². The normalized spacial score (nSPS) is 10.4. The Morgan fingerprint density at radius 1 is 1.68 bits per heavy atom. The molecule has 0 radical (unpaired) electrons. The van der Waals surface area contributed by atoms with Crippen molar-refractivity contribution < 1.29 is 14.5 Å². The molecule has 8 nitrogen and oxygen atoms in total. The minimum absolute atomic E-state index is 0.0750. The van der Waals surface area contributed by atoms with E-state index in [0.717, 1.165) is 17.6 Å². The van der Waals surface area contributed by atoms with Gasteiger partial charge in [-0.25, -0.2) is 4.79 Å². The number of halogens is 1. The van der Waals surface area contributed by atoms with Crippen molar-refractivity contribution in [1.82, 2.24) is 14.2 Å². The summed E-state index contributed by atoms with van der Waals surface area (Å²) in [4.78, 5) is 21.8. The first-order chi connectivity index (χ1) is 8.99. The zero-order valence-electron chi connectivity index (χ0n) is 9.57. The quantitative estimate of drug-likeness (QED) is 0.485. The SMILES string of the molecule is Cn1cc([N+](=O)[O-])cc1C(=O)OCc1nnsc1Cl. The first kappa shape index (κ1) is 13.4. The van der Waals surface area contributed by atoms with Gasteiger partial charge in [-0.2, -0.15) is 0 Å². The molecule has 0 amide bonds. The predicted molar refractivity (Wildman–Crippen MR) is 66.1 cm³/mol. The summed E-state index contributed by atoms with van der Waals surface area (Å²) < 4.78 is 10.2. The highest BCUT2D eigenvalue weighted by molar-refractivity contribution is 7.10. The third kappa shape index (κ3) is 2.88. The van der Waals surface area contributed by atoms with E-state index < -0.39 is 10.9 Å². The van der Waals surface area contributed by atoms with Crippen LogP contribution in [0.1, 0.15) is 16.2 Å². The maximum Gasteiger partial charge on any atom is 0.355 e. The molecule has 0 aliphatic carbocycles. The second-order valence-corrected chi connectivity index (χ2v) is 4.88. The molecule has 10 heteroatoms. The average molecular weight is 303 g/mol. The van der Waals surface area contributed by atoms with Crippen LogP contribution in [0.15, 0.2) is 12.3 Å². The maximum absolute atomic E-state index is 11.8. The zero-order valence-corrected chi connectivity index (χ0v) is 11.1. The number of hydrogen-bond acceptors (Lipinski definition) is 7. The third-order valence-electron chi connectivity index (χ3n) is 2.26. The van der Waals surface area contributed by atoms with Gasteiger partial charge in [-0.1, -0.05) is 16.1 Å². The fourth-order valence-electron chi connectivity index (χ4n) is 1.34. The van der Waals surface area contributed by atoms with Crippen LogP contribution in [0.2, 0.25) is 4.34 Å². The Morgan fingerprint density at radius 2 is 2.42 bits per heavy atom. The van der Waals surface area contributed by atoms with E-state index >= 15 is 0 Å². The van der Waals surface area contributed by atoms with Crippen molar-refractivity contribution in [2.24, 2.45) is 7.05 Å². The Kier molecular flexibility index (Phi) is 3.76. The summed E-state index contributed by atoms with van der Waals surface area (Å²) in [6.45, 7) is -0.132. The van der Waals surface area contributed by atoms with Gasteiger partial charge in [-0.3, -0.25) is 10.1 Å². The topological polar surface area (TPSA) is 100 Å². The van der Waals surface area contributed by atoms with E-state index in [0.29, 0.717) is 10.0 Å². The largest absolute Gasteiger partial charge is 0.454 e. The van der Waals surface area contributed by atoms with Crippen molar-refractivity contribution in [1.29, 1.82) is 0 Å². The van der Waals surface area contributed by atoms with Crippen LogP contribution in [0, 0.1) is 10.1 Å². The highest BCUT2D eigenvalue weighted by Crippen LogP contribution is 2.19. The lowest BCUT2D eigenvalue weighted by atomic mass is 10.4. The molecule has 0 aliphatic heterocycles. The van der Waals surface area contributed by atoms with E-state index in [-0.39, 0.29) is 18.0 Å². The Morgan fingerprint density at radius 3 is 2.95 bits per heavy atom. The number of hydrogen-bond donors (Lipinski definition) is 0. The van der Waals surface area contributed by atoms with Crippen LogP contribution in [-0.2, 0) is 18.4 Å². The first-order valence-corrected chi connectivity index (χ1v) is 6.08. The van der Waals surface area contributed by atoms with Crippen LogP contribution in [0.3, 0.4) is 0 Å². The fourth-order valence-corrected chi connectivity index (χ4v) is 1.94. The summed E-state index contributed by atoms with van der Waals surface area (Å²) in [5, 5.41) is 14.3. The molecule has 0 fully saturated rings. The number of nitro groups is 1. The van der Waals surface area contributed by atoms with Crippen LogP contribution < -0.4 is 0 Å². The number of aromatic nitrogens is 3. The Balaban J connectivity index is 2.08. The molecule has 2 aromatic rings. The highest BCUT2D eigenvalue weighted by Gasteiger charge is 2.19. The lowest BCUT2D eigenvalue weighted by Crippen LogP contribution is -2.09. The van der Waals surface area contributed by atoms with Crippen molar-refractivity contribution in [3.8, 4) is 0 Å². The van der Waals surface area contributed by atoms with E-state index in [4.69, 9.17) is 16.3 Å². The van der Waals surface area contributed by atoms with Crippen molar-refractivity contribution in [2.75, 3.05) is 0 Å². The molecule has 19 heavy (non-hydrogen) atoms. The summed E-state index contributed by atoms with van der Waals surface area (Å²) >= 11 is 6.74. The molecule has 2 rings (SSSR count). The molecule has 0 saturated carbocycles. The van der Waals surface area contributed by atoms with Crippen LogP contribution in [0.5, 0.6) is 0 Å². The number of ether oxygens (including phenoxy) is 1. The molecule has 0 aromatic carbocycles. The third-order valence-corrected chi connectivity index (χ3v) is 3.24. The highest BCUT2D eigenvalue weighted by atomic mass is 35.5. The molecule has 0 aliphatic rings. The minimum Gasteiger partial charge on any atom is -0.454 e. The molecular weight excluding hydrogens is 296 g/mol. The summed E-state index contributed by atoms with van der Waals surface area (Å²) in [6, 6.07) is 1.14. The van der Waals surface area contributed by atoms with Crippen molar-refractivity contribution in [3.63, 3.8) is 0 Å². The predicted octanol–water partition coefficient (Wildman–Crippen LogP) is 1.80. The number of carbonyl (C=O) groups is 1. The molecule has 0 bridgehead atoms. The second-order valence-electron chi connectivity index (χ2n) is 3.52. The van der Waals surface area contributed by atoms with Gasteiger partial charge in [0.1, 0.15) is 22.3 Å². The summed E-state index contributed by atoms with van der Waals surface area (Å²) in [7, 11) is 1.51. The molecule has 100 valence electrons. The number of aryl methyl sites for hydroxylation is 1. The number of esters is 1. The first-order valence-electron chi connectivity index (χ1n) is 4.93. The van der Waals surface area contributed by atoms with E-state index in [1.54, 1.807) is 0 Å². The monoisotopic (exact) mass is 302 g/mol. The van der Waals surface area contributed by atoms with E-state index in [1.807, 2.05) is 0 Å². The Bertz CT molecular complexity index is 638. The van der Waals surface area contributed by atoms with Crippen LogP contribution >= 0.6 is 23.1 Å². The number of nitrogens with zero attached hydrogens (tertiary/aromatic N) is 4. The fraction of sp³-hybridized carbons (Fsp3) is 0.222. The van der Waals surface area contributed by atoms with Crippen molar-refractivity contribution in [2.45, 2.75) is 6.61 Å². The van der Waals surface area contributed by atoms with Crippen molar-refractivity contribution >= 4 is 34.8 Å². The Labute approximate surface area is 115 Å². The van der Waals surface area contributed by atoms with Gasteiger partial charge in [0.05, 0.1) is 11.1 Å². The smallest absolute Gasteiger partial charge is 0.355 e. The van der Waals surface area contributed by atoms with Gasteiger partial charge in [0.2, 0.25) is 0 Å². The van der Waals surface area contributed by atoms with E-state index in [2.05, 4.69) is 9.59 Å². The summed E-state index contributed by atoms with van der Waals surface area (Å²) in [5.74, 6) is -0.695. The molecule has 0 saturated heterocycles. The molecule has 0 unspecified atom stereocenters. The average Bonchev–Trinajstić information content (AvgIpc) is 2.93. The van der Waals surface area contributed by atoms with E-state index in [1.165, 1.54) is 17.8 Å². The summed E-state index contributed by atoms with van der Waals surface area (Å²) in [5.41, 5.74) is 0.248. The lowest BCUT2D eigenvalue weighted by molar-refractivity contribution is -0.384. The minimum atomic E-state index is -0.695. The zero-order chi connectivity index (χ0) is 14.0. The molecule has 2 heterocycles. The van der Waals surface area contributed by atoms with Gasteiger partial charge < -0.3 is 9.30 Å². The Hall–Kier alpha value is -2.00. The number of carbonyl (C=O) groups excluding carboxylic acids is 1. The van der Waals surface area contributed by atoms with E-state index in [9.17, 15) is 14.9 Å². The molecular formula is C9H7ClN4O4S. The van der Waals surface area contributed by atoms with Crippen LogP contribution in [0.4, 0.5) is 5.69 Å². The van der Waals surface area contributed by atoms with Crippen LogP contribution in [0.25, 0.3) is 0 Å². The molecule has 0 spiro atoms. The molecule has 2 aromatic heterocycles.